The Hall–Kier alpha value is -2.71. The van der Waals surface area contributed by atoms with Crippen molar-refractivity contribution < 1.29 is 9.53 Å². The minimum absolute atomic E-state index is 0.143. The number of fused-ring (bicyclic) bond motifs is 1. The van der Waals surface area contributed by atoms with Crippen LogP contribution in [0.4, 0.5) is 16.4 Å². The van der Waals surface area contributed by atoms with Gasteiger partial charge in [-0.25, -0.2) is 14.8 Å². The van der Waals surface area contributed by atoms with Crippen LogP contribution >= 0.6 is 0 Å². The first-order valence-corrected chi connectivity index (χ1v) is 10.3. The molecule has 1 aromatic carbocycles. The Bertz CT molecular complexity index is 912. The molecule has 2 aliphatic heterocycles. The Balaban J connectivity index is 1.41. The predicted octanol–water partition coefficient (Wildman–Crippen LogP) is 2.26. The van der Waals surface area contributed by atoms with E-state index in [0.29, 0.717) is 19.3 Å². The van der Waals surface area contributed by atoms with E-state index in [0.717, 1.165) is 66.6 Å². The summed E-state index contributed by atoms with van der Waals surface area (Å²) in [6, 6.07) is 8.33. The molecular weight excluding hydrogens is 368 g/mol. The van der Waals surface area contributed by atoms with Crippen molar-refractivity contribution in [1.29, 1.82) is 0 Å². The van der Waals surface area contributed by atoms with E-state index in [1.54, 1.807) is 0 Å². The van der Waals surface area contributed by atoms with Crippen molar-refractivity contribution in [3.63, 3.8) is 0 Å². The highest BCUT2D eigenvalue weighted by atomic mass is 16.5. The van der Waals surface area contributed by atoms with Crippen LogP contribution in [0.5, 0.6) is 0 Å². The molecule has 152 valence electrons. The third-order valence-corrected chi connectivity index (χ3v) is 5.63. The van der Waals surface area contributed by atoms with Crippen molar-refractivity contribution in [2.75, 3.05) is 30.0 Å². The summed E-state index contributed by atoms with van der Waals surface area (Å²) in [5.74, 6) is 0.768. The van der Waals surface area contributed by atoms with E-state index < -0.39 is 0 Å². The van der Waals surface area contributed by atoms with Crippen LogP contribution in [-0.4, -0.2) is 47.8 Å². The highest BCUT2D eigenvalue weighted by Gasteiger charge is 2.26. The second-order valence-electron chi connectivity index (χ2n) is 7.97. The summed E-state index contributed by atoms with van der Waals surface area (Å²) >= 11 is 0. The molecule has 0 bridgehead atoms. The second-order valence-corrected chi connectivity index (χ2v) is 7.97. The highest BCUT2D eigenvalue weighted by Crippen LogP contribution is 2.30. The largest absolute Gasteiger partial charge is 0.377 e. The number of morpholine rings is 1. The average Bonchev–Trinajstić information content (AvgIpc) is 3.40. The minimum atomic E-state index is -0.143. The van der Waals surface area contributed by atoms with E-state index in [2.05, 4.69) is 27.8 Å². The van der Waals surface area contributed by atoms with Crippen LogP contribution in [0, 0.1) is 0 Å². The number of amides is 2. The molecule has 0 radical (unpaired) electrons. The van der Waals surface area contributed by atoms with Crippen LogP contribution in [0.3, 0.4) is 0 Å². The predicted molar refractivity (Wildman–Crippen MR) is 111 cm³/mol. The zero-order valence-electron chi connectivity index (χ0n) is 16.6. The molecule has 1 unspecified atom stereocenters. The fraction of sp³-hybridized carbons (Fsp3) is 0.476. The number of hydrogen-bond donors (Lipinski definition) is 3. The van der Waals surface area contributed by atoms with Crippen molar-refractivity contribution in [3.05, 3.63) is 35.5 Å². The number of benzene rings is 1. The van der Waals surface area contributed by atoms with Gasteiger partial charge in [-0.2, -0.15) is 0 Å². The number of ether oxygens (including phenoxy) is 1. The van der Waals surface area contributed by atoms with Crippen LogP contribution in [0.2, 0.25) is 0 Å². The molecule has 1 atom stereocenters. The lowest BCUT2D eigenvalue weighted by Gasteiger charge is -2.33. The first-order chi connectivity index (χ1) is 14.2. The second kappa shape index (κ2) is 7.61. The molecule has 8 nitrogen and oxygen atoms in total. The Kier molecular flexibility index (Phi) is 4.81. The zero-order valence-corrected chi connectivity index (χ0v) is 16.6. The summed E-state index contributed by atoms with van der Waals surface area (Å²) in [5, 5.41) is 9.22. The van der Waals surface area contributed by atoms with Gasteiger partial charge < -0.3 is 25.6 Å². The van der Waals surface area contributed by atoms with Gasteiger partial charge in [0.1, 0.15) is 0 Å². The van der Waals surface area contributed by atoms with Crippen molar-refractivity contribution in [2.45, 2.75) is 44.9 Å². The maximum Gasteiger partial charge on any atom is 0.319 e. The first-order valence-electron chi connectivity index (χ1n) is 10.3. The number of aromatic nitrogens is 2. The van der Waals surface area contributed by atoms with E-state index in [4.69, 9.17) is 14.7 Å². The Morgan fingerprint density at radius 3 is 2.79 bits per heavy atom. The smallest absolute Gasteiger partial charge is 0.319 e. The van der Waals surface area contributed by atoms with Crippen molar-refractivity contribution in [1.82, 2.24) is 20.6 Å². The molecule has 2 amide bonds. The fourth-order valence-corrected chi connectivity index (χ4v) is 3.84. The molecule has 0 spiro atoms. The fourth-order valence-electron chi connectivity index (χ4n) is 3.84. The molecule has 8 heteroatoms. The Morgan fingerprint density at radius 2 is 2.03 bits per heavy atom. The van der Waals surface area contributed by atoms with Gasteiger partial charge in [0.05, 0.1) is 30.6 Å². The van der Waals surface area contributed by atoms with Gasteiger partial charge in [-0.3, -0.25) is 0 Å². The SMILES string of the molecule is CC1COCCN1c1nc2c(c(-c3ccc(NC(=O)NC4CC4)cc3)n1)CNC2. The van der Waals surface area contributed by atoms with Crippen molar-refractivity contribution in [3.8, 4) is 11.3 Å². The lowest BCUT2D eigenvalue weighted by atomic mass is 10.1. The molecule has 5 rings (SSSR count). The average molecular weight is 394 g/mol. The van der Waals surface area contributed by atoms with Crippen LogP contribution in [0.1, 0.15) is 31.0 Å². The van der Waals surface area contributed by atoms with Crippen LogP contribution in [0.25, 0.3) is 11.3 Å². The Morgan fingerprint density at radius 1 is 1.21 bits per heavy atom. The van der Waals surface area contributed by atoms with Gasteiger partial charge in [0.2, 0.25) is 5.95 Å². The summed E-state index contributed by atoms with van der Waals surface area (Å²) in [6.07, 6.45) is 2.15. The third kappa shape index (κ3) is 3.90. The number of nitrogens with zero attached hydrogens (tertiary/aromatic N) is 3. The van der Waals surface area contributed by atoms with E-state index in [9.17, 15) is 4.79 Å². The van der Waals surface area contributed by atoms with Gasteiger partial charge in [0.15, 0.2) is 0 Å². The molecule has 3 heterocycles. The van der Waals surface area contributed by atoms with E-state index in [1.807, 2.05) is 24.3 Å². The molecular formula is C21H26N6O2. The zero-order chi connectivity index (χ0) is 19.8. The normalized spacial score (nSPS) is 21.0. The lowest BCUT2D eigenvalue weighted by Crippen LogP contribution is -2.44. The van der Waals surface area contributed by atoms with Gasteiger partial charge in [-0.1, -0.05) is 12.1 Å². The van der Waals surface area contributed by atoms with Gasteiger partial charge in [0.25, 0.3) is 0 Å². The molecule has 2 fully saturated rings. The molecule has 1 aliphatic carbocycles. The maximum absolute atomic E-state index is 12.0. The lowest BCUT2D eigenvalue weighted by molar-refractivity contribution is 0.0981. The molecule has 1 saturated carbocycles. The molecule has 2 aromatic rings. The number of carbonyl (C=O) groups excluding carboxylic acids is 1. The molecule has 3 N–H and O–H groups in total. The molecule has 29 heavy (non-hydrogen) atoms. The number of hydrogen-bond acceptors (Lipinski definition) is 6. The summed E-state index contributed by atoms with van der Waals surface area (Å²) in [6.45, 7) is 5.86. The number of carbonyl (C=O) groups is 1. The summed E-state index contributed by atoms with van der Waals surface area (Å²) in [4.78, 5) is 24.0. The topological polar surface area (TPSA) is 91.4 Å². The number of urea groups is 1. The summed E-state index contributed by atoms with van der Waals surface area (Å²) < 4.78 is 5.56. The van der Waals surface area contributed by atoms with E-state index in [1.165, 1.54) is 0 Å². The van der Waals surface area contributed by atoms with Crippen LogP contribution in [0.15, 0.2) is 24.3 Å². The maximum atomic E-state index is 12.0. The van der Waals surface area contributed by atoms with E-state index >= 15 is 0 Å². The highest BCUT2D eigenvalue weighted by molar-refractivity contribution is 5.90. The van der Waals surface area contributed by atoms with Crippen molar-refractivity contribution >= 4 is 17.7 Å². The van der Waals surface area contributed by atoms with Gasteiger partial charge >= 0.3 is 6.03 Å². The number of anilines is 2. The van der Waals surface area contributed by atoms with Crippen molar-refractivity contribution in [2.24, 2.45) is 0 Å². The monoisotopic (exact) mass is 394 g/mol. The van der Waals surface area contributed by atoms with Gasteiger partial charge in [0, 0.05) is 42.5 Å². The quantitative estimate of drug-likeness (QED) is 0.737. The minimum Gasteiger partial charge on any atom is -0.377 e. The molecule has 1 aromatic heterocycles. The summed E-state index contributed by atoms with van der Waals surface area (Å²) in [5.41, 5.74) is 4.99. The van der Waals surface area contributed by atoms with E-state index in [-0.39, 0.29) is 12.1 Å². The number of nitrogens with one attached hydrogen (secondary N) is 3. The van der Waals surface area contributed by atoms with Crippen LogP contribution < -0.4 is 20.9 Å². The third-order valence-electron chi connectivity index (χ3n) is 5.63. The van der Waals surface area contributed by atoms with Gasteiger partial charge in [-0.05, 0) is 31.9 Å². The molecule has 3 aliphatic rings. The first kappa shape index (κ1) is 18.3. The van der Waals surface area contributed by atoms with Gasteiger partial charge in [-0.15, -0.1) is 0 Å². The standard InChI is InChI=1S/C21H26N6O2/c1-13-12-29-9-8-27(13)20-25-18-11-22-10-17(18)19(26-20)14-2-4-15(5-3-14)23-21(28)24-16-6-7-16/h2-5,13,16,22H,6-12H2,1H3,(H2,23,24,28). The number of rotatable bonds is 4. The Labute approximate surface area is 170 Å². The summed E-state index contributed by atoms with van der Waals surface area (Å²) in [7, 11) is 0. The molecule has 1 saturated heterocycles. The van der Waals surface area contributed by atoms with Crippen LogP contribution in [-0.2, 0) is 17.8 Å².